The number of thiophene rings is 1. The van der Waals surface area contributed by atoms with E-state index < -0.39 is 0 Å². The van der Waals surface area contributed by atoms with E-state index in [1.54, 1.807) is 35.6 Å². The molecule has 5 nitrogen and oxygen atoms in total. The molecule has 2 amide bonds. The van der Waals surface area contributed by atoms with Gasteiger partial charge in [-0.15, -0.1) is 11.3 Å². The summed E-state index contributed by atoms with van der Waals surface area (Å²) in [7, 11) is 0. The fraction of sp³-hybridized carbons (Fsp3) is 0.278. The van der Waals surface area contributed by atoms with Crippen molar-refractivity contribution in [1.29, 1.82) is 0 Å². The van der Waals surface area contributed by atoms with Crippen LogP contribution in [0.1, 0.15) is 28.1 Å². The zero-order chi connectivity index (χ0) is 17.5. The zero-order valence-electron chi connectivity index (χ0n) is 13.7. The number of anilines is 1. The van der Waals surface area contributed by atoms with Gasteiger partial charge >= 0.3 is 0 Å². The van der Waals surface area contributed by atoms with Gasteiger partial charge in [0.15, 0.2) is 5.17 Å². The molecule has 0 unspecified atom stereocenters. The largest absolute Gasteiger partial charge is 0.326 e. The van der Waals surface area contributed by atoms with E-state index in [-0.39, 0.29) is 11.8 Å². The second-order valence-corrected chi connectivity index (χ2v) is 7.67. The molecule has 1 aliphatic rings. The fourth-order valence-corrected chi connectivity index (χ4v) is 3.89. The molecule has 3 rings (SSSR count). The molecular weight excluding hydrogens is 354 g/mol. The number of aliphatic imine (C=N–C) groups is 1. The molecule has 0 atom stereocenters. The van der Waals surface area contributed by atoms with Crippen LogP contribution in [0.15, 0.2) is 46.8 Å². The highest BCUT2D eigenvalue weighted by molar-refractivity contribution is 8.14. The van der Waals surface area contributed by atoms with Crippen LogP contribution in [-0.2, 0) is 11.2 Å². The van der Waals surface area contributed by atoms with Gasteiger partial charge in [0, 0.05) is 28.3 Å². The Morgan fingerprint density at radius 2 is 2.08 bits per heavy atom. The van der Waals surface area contributed by atoms with Crippen molar-refractivity contribution in [2.75, 3.05) is 17.6 Å². The number of amidine groups is 1. The number of aryl methyl sites for hydroxylation is 1. The van der Waals surface area contributed by atoms with Gasteiger partial charge in [-0.25, -0.2) is 0 Å². The van der Waals surface area contributed by atoms with Gasteiger partial charge in [0.05, 0.1) is 6.54 Å². The predicted molar refractivity (Wildman–Crippen MR) is 105 cm³/mol. The van der Waals surface area contributed by atoms with E-state index in [0.29, 0.717) is 22.8 Å². The predicted octanol–water partition coefficient (Wildman–Crippen LogP) is 3.54. The van der Waals surface area contributed by atoms with Crippen molar-refractivity contribution >= 4 is 45.8 Å². The van der Waals surface area contributed by atoms with Crippen molar-refractivity contribution in [2.24, 2.45) is 4.99 Å². The van der Waals surface area contributed by atoms with Crippen molar-refractivity contribution < 1.29 is 9.59 Å². The molecule has 0 saturated carbocycles. The third-order valence-corrected chi connectivity index (χ3v) is 5.45. The molecular formula is C18H19N3O2S2. The molecule has 0 aliphatic carbocycles. The number of nitrogens with one attached hydrogen (secondary N) is 2. The van der Waals surface area contributed by atoms with Crippen LogP contribution in [0.4, 0.5) is 5.69 Å². The van der Waals surface area contributed by atoms with Crippen molar-refractivity contribution in [3.8, 4) is 0 Å². The Hall–Kier alpha value is -2.12. The van der Waals surface area contributed by atoms with Gasteiger partial charge in [-0.05, 0) is 42.5 Å². The maximum Gasteiger partial charge on any atom is 0.257 e. The summed E-state index contributed by atoms with van der Waals surface area (Å²) >= 11 is 3.25. The Morgan fingerprint density at radius 1 is 1.16 bits per heavy atom. The number of amides is 2. The van der Waals surface area contributed by atoms with Gasteiger partial charge in [0.2, 0.25) is 5.91 Å². The average Bonchev–Trinajstić information content (AvgIpc) is 3.29. The molecule has 0 radical (unpaired) electrons. The maximum atomic E-state index is 12.2. The lowest BCUT2D eigenvalue weighted by molar-refractivity contribution is -0.116. The highest BCUT2D eigenvalue weighted by atomic mass is 32.2. The summed E-state index contributed by atoms with van der Waals surface area (Å²) in [6.07, 6.45) is 2.18. The van der Waals surface area contributed by atoms with E-state index in [0.717, 1.165) is 25.1 Å². The Kier molecular flexibility index (Phi) is 6.25. The quantitative estimate of drug-likeness (QED) is 0.814. The Balaban J connectivity index is 1.50. The van der Waals surface area contributed by atoms with Crippen LogP contribution in [0.5, 0.6) is 0 Å². The molecule has 1 aromatic heterocycles. The van der Waals surface area contributed by atoms with Crippen LogP contribution in [0, 0.1) is 0 Å². The van der Waals surface area contributed by atoms with Crippen LogP contribution in [-0.4, -0.2) is 29.3 Å². The first-order chi connectivity index (χ1) is 12.2. The molecule has 1 aromatic carbocycles. The maximum absolute atomic E-state index is 12.2. The van der Waals surface area contributed by atoms with Crippen LogP contribution < -0.4 is 10.6 Å². The van der Waals surface area contributed by atoms with Crippen molar-refractivity contribution in [1.82, 2.24) is 5.32 Å². The second-order valence-electron chi connectivity index (χ2n) is 5.55. The lowest BCUT2D eigenvalue weighted by atomic mass is 10.1. The third-order valence-electron chi connectivity index (χ3n) is 3.62. The first-order valence-electron chi connectivity index (χ1n) is 8.11. The number of carbonyl (C=O) groups excluding carboxylic acids is 2. The second kappa shape index (κ2) is 8.82. The van der Waals surface area contributed by atoms with E-state index in [2.05, 4.69) is 21.7 Å². The summed E-state index contributed by atoms with van der Waals surface area (Å²) in [5.74, 6) is 0.656. The van der Waals surface area contributed by atoms with Gasteiger partial charge in [-0.2, -0.15) is 0 Å². The van der Waals surface area contributed by atoms with E-state index in [4.69, 9.17) is 0 Å². The van der Waals surface area contributed by atoms with Crippen molar-refractivity contribution in [3.63, 3.8) is 0 Å². The highest BCUT2D eigenvalue weighted by Gasteiger charge is 2.13. The summed E-state index contributed by atoms with van der Waals surface area (Å²) in [6, 6.07) is 11.1. The number of thioether (sulfide) groups is 1. The number of hydrogen-bond donors (Lipinski definition) is 2. The van der Waals surface area contributed by atoms with Gasteiger partial charge in [-0.1, -0.05) is 23.9 Å². The zero-order valence-corrected chi connectivity index (χ0v) is 15.3. The van der Waals surface area contributed by atoms with Crippen LogP contribution >= 0.6 is 23.1 Å². The molecule has 25 heavy (non-hydrogen) atoms. The number of hydrogen-bond acceptors (Lipinski definition) is 5. The molecule has 0 saturated heterocycles. The minimum absolute atomic E-state index is 0.0372. The smallest absolute Gasteiger partial charge is 0.257 e. The minimum atomic E-state index is -0.207. The highest BCUT2D eigenvalue weighted by Crippen LogP contribution is 2.15. The molecule has 1 aliphatic heterocycles. The van der Waals surface area contributed by atoms with Crippen LogP contribution in [0.2, 0.25) is 0 Å². The van der Waals surface area contributed by atoms with E-state index in [1.165, 1.54) is 16.6 Å². The summed E-state index contributed by atoms with van der Waals surface area (Å²) in [5, 5.41) is 8.35. The Labute approximate surface area is 154 Å². The van der Waals surface area contributed by atoms with Gasteiger partial charge in [-0.3, -0.25) is 14.6 Å². The topological polar surface area (TPSA) is 70.6 Å². The van der Waals surface area contributed by atoms with Crippen LogP contribution in [0.3, 0.4) is 0 Å². The fourth-order valence-electron chi connectivity index (χ4n) is 2.42. The number of rotatable bonds is 6. The van der Waals surface area contributed by atoms with Crippen LogP contribution in [0.25, 0.3) is 0 Å². The summed E-state index contributed by atoms with van der Waals surface area (Å²) in [4.78, 5) is 29.8. The monoisotopic (exact) mass is 373 g/mol. The lowest BCUT2D eigenvalue weighted by Gasteiger charge is -2.08. The number of benzene rings is 1. The SMILES string of the molecule is O=C(CCCc1cccs1)Nc1cccc(C(=O)NC2=NCCS2)c1. The average molecular weight is 374 g/mol. The minimum Gasteiger partial charge on any atom is -0.326 e. The molecule has 2 heterocycles. The van der Waals surface area contributed by atoms with E-state index in [9.17, 15) is 9.59 Å². The van der Waals surface area contributed by atoms with Crippen molar-refractivity contribution in [3.05, 3.63) is 52.2 Å². The molecule has 0 fully saturated rings. The molecule has 2 N–H and O–H groups in total. The van der Waals surface area contributed by atoms with Crippen molar-refractivity contribution in [2.45, 2.75) is 19.3 Å². The first-order valence-corrected chi connectivity index (χ1v) is 9.98. The number of nitrogens with zero attached hydrogens (tertiary/aromatic N) is 1. The molecule has 130 valence electrons. The van der Waals surface area contributed by atoms with Gasteiger partial charge in [0.25, 0.3) is 5.91 Å². The lowest BCUT2D eigenvalue weighted by Crippen LogP contribution is -2.27. The summed E-state index contributed by atoms with van der Waals surface area (Å²) in [5.41, 5.74) is 1.14. The van der Waals surface area contributed by atoms with Gasteiger partial charge < -0.3 is 10.6 Å². The standard InChI is InChI=1S/C18H19N3O2S2/c22-16(8-2-6-15-7-3-10-24-15)20-14-5-1-4-13(12-14)17(23)21-18-19-9-11-25-18/h1,3-5,7,10,12H,2,6,8-9,11H2,(H,20,22)(H,19,21,23). The third kappa shape index (κ3) is 5.44. The molecule has 7 heteroatoms. The first kappa shape index (κ1) is 17.7. The van der Waals surface area contributed by atoms with E-state index in [1.807, 2.05) is 11.4 Å². The summed E-state index contributed by atoms with van der Waals surface area (Å²) in [6.45, 7) is 0.738. The summed E-state index contributed by atoms with van der Waals surface area (Å²) < 4.78 is 0. The molecule has 0 bridgehead atoms. The number of carbonyl (C=O) groups is 2. The normalized spacial score (nSPS) is 13.4. The molecule has 0 spiro atoms. The van der Waals surface area contributed by atoms with Gasteiger partial charge in [0.1, 0.15) is 0 Å². The Morgan fingerprint density at radius 3 is 2.84 bits per heavy atom. The Bertz CT molecular complexity index is 772. The van der Waals surface area contributed by atoms with E-state index >= 15 is 0 Å². The molecule has 2 aromatic rings.